The first kappa shape index (κ1) is 13.0. The number of benzene rings is 1. The Balaban J connectivity index is 2.03. The number of ether oxygens (including phenoxy) is 2. The van der Waals surface area contributed by atoms with Crippen LogP contribution in [-0.2, 0) is 4.74 Å². The Kier molecular flexibility index (Phi) is 6.61. The minimum Gasteiger partial charge on any atom is -0.493 e. The van der Waals surface area contributed by atoms with Crippen molar-refractivity contribution in [1.82, 2.24) is 0 Å². The van der Waals surface area contributed by atoms with Crippen molar-refractivity contribution in [3.05, 3.63) is 29.8 Å². The van der Waals surface area contributed by atoms with Gasteiger partial charge in [-0.05, 0) is 37.6 Å². The summed E-state index contributed by atoms with van der Waals surface area (Å²) in [5, 5.41) is 0. The van der Waals surface area contributed by atoms with Crippen LogP contribution in [0.4, 0.5) is 0 Å². The van der Waals surface area contributed by atoms with Gasteiger partial charge in [-0.2, -0.15) is 0 Å². The summed E-state index contributed by atoms with van der Waals surface area (Å²) in [6, 6.07) is 8.07. The molecule has 0 aliphatic heterocycles. The van der Waals surface area contributed by atoms with E-state index >= 15 is 0 Å². The third kappa shape index (κ3) is 5.73. The average Bonchev–Trinajstić information content (AvgIpc) is 2.28. The highest BCUT2D eigenvalue weighted by Gasteiger charge is 1.94. The summed E-state index contributed by atoms with van der Waals surface area (Å²) in [6.45, 7) is 4.95. The van der Waals surface area contributed by atoms with Crippen LogP contribution in [0, 0.1) is 6.92 Å². The van der Waals surface area contributed by atoms with Crippen molar-refractivity contribution < 1.29 is 9.47 Å². The molecule has 1 aromatic carbocycles. The molecule has 3 heteroatoms. The van der Waals surface area contributed by atoms with Crippen molar-refractivity contribution >= 4 is 0 Å². The van der Waals surface area contributed by atoms with Gasteiger partial charge in [0.1, 0.15) is 5.75 Å². The summed E-state index contributed by atoms with van der Waals surface area (Å²) in [5.41, 5.74) is 6.57. The van der Waals surface area contributed by atoms with Gasteiger partial charge >= 0.3 is 0 Å². The van der Waals surface area contributed by atoms with Gasteiger partial charge in [-0.15, -0.1) is 0 Å². The largest absolute Gasteiger partial charge is 0.493 e. The van der Waals surface area contributed by atoms with Crippen LogP contribution < -0.4 is 10.5 Å². The first-order valence-electron chi connectivity index (χ1n) is 5.80. The summed E-state index contributed by atoms with van der Waals surface area (Å²) in [4.78, 5) is 0. The van der Waals surface area contributed by atoms with Gasteiger partial charge in [0.2, 0.25) is 0 Å². The first-order valence-corrected chi connectivity index (χ1v) is 5.80. The fourth-order valence-corrected chi connectivity index (χ4v) is 1.34. The lowest BCUT2D eigenvalue weighted by Crippen LogP contribution is -2.07. The van der Waals surface area contributed by atoms with Crippen LogP contribution in [0.1, 0.15) is 18.4 Å². The van der Waals surface area contributed by atoms with E-state index in [1.807, 2.05) is 18.2 Å². The van der Waals surface area contributed by atoms with Crippen LogP contribution in [0.25, 0.3) is 0 Å². The Labute approximate surface area is 97.6 Å². The van der Waals surface area contributed by atoms with Crippen LogP contribution in [-0.4, -0.2) is 26.4 Å². The van der Waals surface area contributed by atoms with E-state index in [-0.39, 0.29) is 0 Å². The Hall–Kier alpha value is -1.06. The van der Waals surface area contributed by atoms with E-state index in [0.29, 0.717) is 13.2 Å². The van der Waals surface area contributed by atoms with E-state index in [1.165, 1.54) is 5.56 Å². The molecule has 1 aromatic rings. The molecule has 0 radical (unpaired) electrons. The third-order valence-corrected chi connectivity index (χ3v) is 2.18. The van der Waals surface area contributed by atoms with E-state index in [2.05, 4.69) is 13.0 Å². The summed E-state index contributed by atoms with van der Waals surface area (Å²) in [5.74, 6) is 0.932. The second kappa shape index (κ2) is 8.13. The van der Waals surface area contributed by atoms with E-state index in [1.54, 1.807) is 0 Å². The molecule has 0 saturated carbocycles. The van der Waals surface area contributed by atoms with Crippen molar-refractivity contribution in [3.63, 3.8) is 0 Å². The van der Waals surface area contributed by atoms with Gasteiger partial charge in [0.25, 0.3) is 0 Å². The molecule has 0 unspecified atom stereocenters. The van der Waals surface area contributed by atoms with Crippen LogP contribution >= 0.6 is 0 Å². The zero-order valence-corrected chi connectivity index (χ0v) is 9.95. The zero-order valence-electron chi connectivity index (χ0n) is 9.95. The Morgan fingerprint density at radius 1 is 1.12 bits per heavy atom. The second-order valence-corrected chi connectivity index (χ2v) is 3.77. The summed E-state index contributed by atoms with van der Waals surface area (Å²) >= 11 is 0. The molecule has 0 saturated heterocycles. The molecule has 0 aromatic heterocycles. The molecule has 0 aliphatic rings. The standard InChI is InChI=1S/C13H21NO2/c1-12-5-2-6-13(11-12)16-10-4-9-15-8-3-7-14/h2,5-6,11H,3-4,7-10,14H2,1H3. The maximum atomic E-state index is 5.59. The average molecular weight is 223 g/mol. The van der Waals surface area contributed by atoms with Crippen molar-refractivity contribution in [2.75, 3.05) is 26.4 Å². The number of nitrogens with two attached hydrogens (primary N) is 1. The van der Waals surface area contributed by atoms with E-state index in [4.69, 9.17) is 15.2 Å². The monoisotopic (exact) mass is 223 g/mol. The zero-order chi connectivity index (χ0) is 11.6. The molecule has 0 bridgehead atoms. The maximum absolute atomic E-state index is 5.59. The number of hydrogen-bond donors (Lipinski definition) is 1. The molecule has 3 nitrogen and oxygen atoms in total. The molecule has 0 atom stereocenters. The molecule has 0 fully saturated rings. The van der Waals surface area contributed by atoms with Gasteiger partial charge in [0, 0.05) is 19.6 Å². The molecule has 0 amide bonds. The van der Waals surface area contributed by atoms with Gasteiger partial charge < -0.3 is 15.2 Å². The Bertz CT molecular complexity index is 289. The number of aryl methyl sites for hydroxylation is 1. The van der Waals surface area contributed by atoms with Crippen LogP contribution in [0.15, 0.2) is 24.3 Å². The summed E-state index contributed by atoms with van der Waals surface area (Å²) in [6.07, 6.45) is 1.84. The molecule has 0 heterocycles. The quantitative estimate of drug-likeness (QED) is 0.687. The number of rotatable bonds is 8. The molecular formula is C13H21NO2. The van der Waals surface area contributed by atoms with Crippen LogP contribution in [0.2, 0.25) is 0 Å². The van der Waals surface area contributed by atoms with Crippen LogP contribution in [0.5, 0.6) is 5.75 Å². The normalized spacial score (nSPS) is 10.4. The molecule has 0 aliphatic carbocycles. The molecule has 16 heavy (non-hydrogen) atoms. The lowest BCUT2D eigenvalue weighted by atomic mass is 10.2. The topological polar surface area (TPSA) is 44.5 Å². The molecule has 2 N–H and O–H groups in total. The van der Waals surface area contributed by atoms with Crippen LogP contribution in [0.3, 0.4) is 0 Å². The van der Waals surface area contributed by atoms with E-state index < -0.39 is 0 Å². The van der Waals surface area contributed by atoms with Crippen molar-refractivity contribution in [2.24, 2.45) is 5.73 Å². The van der Waals surface area contributed by atoms with Crippen molar-refractivity contribution in [1.29, 1.82) is 0 Å². The lowest BCUT2D eigenvalue weighted by Gasteiger charge is -2.07. The van der Waals surface area contributed by atoms with Crippen molar-refractivity contribution in [2.45, 2.75) is 19.8 Å². The lowest BCUT2D eigenvalue weighted by molar-refractivity contribution is 0.118. The highest BCUT2D eigenvalue weighted by atomic mass is 16.5. The first-order chi connectivity index (χ1) is 7.83. The molecular weight excluding hydrogens is 202 g/mol. The van der Waals surface area contributed by atoms with Gasteiger partial charge in [0.15, 0.2) is 0 Å². The number of hydrogen-bond acceptors (Lipinski definition) is 3. The predicted octanol–water partition coefficient (Wildman–Crippen LogP) is 2.13. The van der Waals surface area contributed by atoms with E-state index in [9.17, 15) is 0 Å². The summed E-state index contributed by atoms with van der Waals surface area (Å²) < 4.78 is 11.0. The minimum atomic E-state index is 0.694. The maximum Gasteiger partial charge on any atom is 0.119 e. The SMILES string of the molecule is Cc1cccc(OCCCOCCCN)c1. The Morgan fingerprint density at radius 3 is 2.69 bits per heavy atom. The van der Waals surface area contributed by atoms with Gasteiger partial charge in [-0.1, -0.05) is 12.1 Å². The van der Waals surface area contributed by atoms with Gasteiger partial charge in [-0.3, -0.25) is 0 Å². The fraction of sp³-hybridized carbons (Fsp3) is 0.538. The van der Waals surface area contributed by atoms with Gasteiger partial charge in [0.05, 0.1) is 6.61 Å². The molecule has 1 rings (SSSR count). The molecule has 90 valence electrons. The highest BCUT2D eigenvalue weighted by molar-refractivity contribution is 5.27. The van der Waals surface area contributed by atoms with Gasteiger partial charge in [-0.25, -0.2) is 0 Å². The third-order valence-electron chi connectivity index (χ3n) is 2.18. The Morgan fingerprint density at radius 2 is 1.94 bits per heavy atom. The van der Waals surface area contributed by atoms with Crippen molar-refractivity contribution in [3.8, 4) is 5.75 Å². The molecule has 0 spiro atoms. The smallest absolute Gasteiger partial charge is 0.119 e. The minimum absolute atomic E-state index is 0.694. The van der Waals surface area contributed by atoms with E-state index in [0.717, 1.165) is 31.8 Å². The second-order valence-electron chi connectivity index (χ2n) is 3.77. The summed E-state index contributed by atoms with van der Waals surface area (Å²) in [7, 11) is 0. The fourth-order valence-electron chi connectivity index (χ4n) is 1.34. The highest BCUT2D eigenvalue weighted by Crippen LogP contribution is 2.12. The predicted molar refractivity (Wildman–Crippen MR) is 65.8 cm³/mol.